The largest absolute Gasteiger partial charge is 0.390 e. The topological polar surface area (TPSA) is 62.1 Å². The molecule has 0 radical (unpaired) electrons. The molecule has 5 nitrogen and oxygen atoms in total. The molecule has 0 aromatic carbocycles. The van der Waals surface area contributed by atoms with Crippen LogP contribution in [-0.2, 0) is 13.2 Å². The lowest BCUT2D eigenvalue weighted by molar-refractivity contribution is 0.276. The first-order chi connectivity index (χ1) is 9.61. The quantitative estimate of drug-likeness (QED) is 0.903. The Labute approximate surface area is 119 Å². The van der Waals surface area contributed by atoms with Crippen molar-refractivity contribution in [1.82, 2.24) is 15.0 Å². The van der Waals surface area contributed by atoms with Crippen LogP contribution in [0.2, 0.25) is 0 Å². The lowest BCUT2D eigenvalue weighted by atomic mass is 10.2. The molecule has 0 saturated heterocycles. The number of anilines is 1. The van der Waals surface area contributed by atoms with Crippen molar-refractivity contribution in [3.8, 4) is 0 Å². The summed E-state index contributed by atoms with van der Waals surface area (Å²) in [4.78, 5) is 15.1. The lowest BCUT2D eigenvalue weighted by Gasteiger charge is -2.21. The molecule has 5 heteroatoms. The van der Waals surface area contributed by atoms with Gasteiger partial charge >= 0.3 is 0 Å². The van der Waals surface area contributed by atoms with Crippen LogP contribution in [0.1, 0.15) is 37.0 Å². The summed E-state index contributed by atoms with van der Waals surface area (Å²) in [5.41, 5.74) is 2.46. The highest BCUT2D eigenvalue weighted by atomic mass is 16.3. The smallest absolute Gasteiger partial charge is 0.131 e. The minimum atomic E-state index is -0.0931. The summed E-state index contributed by atoms with van der Waals surface area (Å²) in [5.74, 6) is 1.000. The van der Waals surface area contributed by atoms with Gasteiger partial charge in [-0.05, 0) is 12.1 Å². The van der Waals surface area contributed by atoms with E-state index in [1.165, 1.54) is 0 Å². The van der Waals surface area contributed by atoms with E-state index in [2.05, 4.69) is 15.0 Å². The highest BCUT2D eigenvalue weighted by Crippen LogP contribution is 2.20. The summed E-state index contributed by atoms with van der Waals surface area (Å²) in [6.45, 7) is 4.63. The van der Waals surface area contributed by atoms with Gasteiger partial charge in [-0.3, -0.25) is 4.98 Å². The van der Waals surface area contributed by atoms with Crippen molar-refractivity contribution in [3.63, 3.8) is 0 Å². The molecule has 0 atom stereocenters. The van der Waals surface area contributed by atoms with E-state index in [-0.39, 0.29) is 12.5 Å². The van der Waals surface area contributed by atoms with E-state index in [9.17, 15) is 5.11 Å². The van der Waals surface area contributed by atoms with Crippen LogP contribution in [0.4, 0.5) is 5.69 Å². The number of aromatic nitrogens is 3. The van der Waals surface area contributed by atoms with E-state index >= 15 is 0 Å². The minimum Gasteiger partial charge on any atom is -0.390 e. The van der Waals surface area contributed by atoms with Gasteiger partial charge in [0.25, 0.3) is 0 Å². The molecule has 0 aliphatic rings. The van der Waals surface area contributed by atoms with Gasteiger partial charge in [0.15, 0.2) is 0 Å². The van der Waals surface area contributed by atoms with Crippen molar-refractivity contribution >= 4 is 5.69 Å². The molecular formula is C15H20N4O. The number of pyridine rings is 1. The zero-order valence-electron chi connectivity index (χ0n) is 12.1. The van der Waals surface area contributed by atoms with Gasteiger partial charge < -0.3 is 10.0 Å². The Hall–Kier alpha value is -2.01. The van der Waals surface area contributed by atoms with Gasteiger partial charge in [-0.1, -0.05) is 19.9 Å². The fourth-order valence-electron chi connectivity index (χ4n) is 1.96. The molecule has 0 saturated carbocycles. The molecule has 0 unspecified atom stereocenters. The molecule has 2 aromatic heterocycles. The van der Waals surface area contributed by atoms with Gasteiger partial charge in [-0.2, -0.15) is 0 Å². The molecule has 0 aliphatic heterocycles. The molecule has 1 N–H and O–H groups in total. The molecule has 2 aromatic rings. The van der Waals surface area contributed by atoms with E-state index in [1.807, 2.05) is 44.0 Å². The Bertz CT molecular complexity index is 557. The highest BCUT2D eigenvalue weighted by Gasteiger charge is 2.13. The van der Waals surface area contributed by atoms with Crippen LogP contribution >= 0.6 is 0 Å². The van der Waals surface area contributed by atoms with E-state index in [1.54, 1.807) is 12.4 Å². The summed E-state index contributed by atoms with van der Waals surface area (Å²) in [6.07, 6.45) is 3.55. The number of aliphatic hydroxyl groups is 1. The van der Waals surface area contributed by atoms with Gasteiger partial charge in [-0.15, -0.1) is 0 Å². The predicted octanol–water partition coefficient (Wildman–Crippen LogP) is 2.12. The average Bonchev–Trinajstić information content (AvgIpc) is 2.47. The van der Waals surface area contributed by atoms with Crippen molar-refractivity contribution in [3.05, 3.63) is 47.8 Å². The summed E-state index contributed by atoms with van der Waals surface area (Å²) < 4.78 is 0. The summed E-state index contributed by atoms with van der Waals surface area (Å²) >= 11 is 0. The van der Waals surface area contributed by atoms with Crippen LogP contribution in [-0.4, -0.2) is 27.1 Å². The molecule has 0 bridgehead atoms. The van der Waals surface area contributed by atoms with Gasteiger partial charge in [0.1, 0.15) is 5.82 Å². The molecule has 0 amide bonds. The number of nitrogens with zero attached hydrogens (tertiary/aromatic N) is 4. The molecule has 20 heavy (non-hydrogen) atoms. The van der Waals surface area contributed by atoms with Crippen molar-refractivity contribution in [2.45, 2.75) is 32.9 Å². The second-order valence-electron chi connectivity index (χ2n) is 5.05. The van der Waals surface area contributed by atoms with Crippen molar-refractivity contribution in [2.75, 3.05) is 11.9 Å². The number of hydrogen-bond acceptors (Lipinski definition) is 5. The second kappa shape index (κ2) is 6.43. The molecule has 0 fully saturated rings. The number of aliphatic hydroxyl groups excluding tert-OH is 1. The normalized spacial score (nSPS) is 10.8. The van der Waals surface area contributed by atoms with E-state index in [4.69, 9.17) is 0 Å². The third kappa shape index (κ3) is 3.30. The molecule has 0 aliphatic carbocycles. The number of hydrogen-bond donors (Lipinski definition) is 1. The SMILES string of the molecule is CC(C)c1ncc(N(C)Cc2ccccn2)c(CO)n1. The molecular weight excluding hydrogens is 252 g/mol. The Kier molecular flexibility index (Phi) is 4.63. The van der Waals surface area contributed by atoms with Crippen molar-refractivity contribution in [2.24, 2.45) is 0 Å². The zero-order chi connectivity index (χ0) is 14.5. The summed E-state index contributed by atoms with van der Waals surface area (Å²) in [6, 6.07) is 5.82. The van der Waals surface area contributed by atoms with Crippen LogP contribution in [0.5, 0.6) is 0 Å². The van der Waals surface area contributed by atoms with Crippen LogP contribution in [0.3, 0.4) is 0 Å². The monoisotopic (exact) mass is 272 g/mol. The standard InChI is InChI=1S/C15H20N4O/c1-11(2)15-17-8-14(13(10-20)18-15)19(3)9-12-6-4-5-7-16-12/h4-8,11,20H,9-10H2,1-3H3. The van der Waals surface area contributed by atoms with Gasteiger partial charge in [-0.25, -0.2) is 9.97 Å². The maximum atomic E-state index is 9.51. The first-order valence-corrected chi connectivity index (χ1v) is 6.69. The third-order valence-corrected chi connectivity index (χ3v) is 3.07. The van der Waals surface area contributed by atoms with Gasteiger partial charge in [0.2, 0.25) is 0 Å². The Morgan fingerprint density at radius 2 is 2.05 bits per heavy atom. The van der Waals surface area contributed by atoms with Crippen LogP contribution in [0, 0.1) is 0 Å². The van der Waals surface area contributed by atoms with E-state index in [0.29, 0.717) is 12.2 Å². The first-order valence-electron chi connectivity index (χ1n) is 6.69. The van der Waals surface area contributed by atoms with Crippen LogP contribution in [0.25, 0.3) is 0 Å². The Balaban J connectivity index is 2.23. The molecule has 106 valence electrons. The predicted molar refractivity (Wildman–Crippen MR) is 78.4 cm³/mol. The molecule has 2 rings (SSSR count). The van der Waals surface area contributed by atoms with Gasteiger partial charge in [0.05, 0.1) is 36.4 Å². The average molecular weight is 272 g/mol. The van der Waals surface area contributed by atoms with E-state index < -0.39 is 0 Å². The highest BCUT2D eigenvalue weighted by molar-refractivity contribution is 5.48. The fourth-order valence-corrected chi connectivity index (χ4v) is 1.96. The number of rotatable bonds is 5. The Morgan fingerprint density at radius 1 is 1.25 bits per heavy atom. The second-order valence-corrected chi connectivity index (χ2v) is 5.05. The van der Waals surface area contributed by atoms with E-state index in [0.717, 1.165) is 17.2 Å². The maximum Gasteiger partial charge on any atom is 0.131 e. The fraction of sp³-hybridized carbons (Fsp3) is 0.400. The van der Waals surface area contributed by atoms with Crippen molar-refractivity contribution < 1.29 is 5.11 Å². The lowest BCUT2D eigenvalue weighted by Crippen LogP contribution is -2.20. The summed E-state index contributed by atoms with van der Waals surface area (Å²) in [5, 5.41) is 9.51. The summed E-state index contributed by atoms with van der Waals surface area (Å²) in [7, 11) is 1.95. The molecule has 2 heterocycles. The van der Waals surface area contributed by atoms with Crippen LogP contribution in [0.15, 0.2) is 30.6 Å². The third-order valence-electron chi connectivity index (χ3n) is 3.07. The van der Waals surface area contributed by atoms with Crippen LogP contribution < -0.4 is 4.90 Å². The molecule has 0 spiro atoms. The zero-order valence-corrected chi connectivity index (χ0v) is 12.1. The maximum absolute atomic E-state index is 9.51. The van der Waals surface area contributed by atoms with Crippen molar-refractivity contribution in [1.29, 1.82) is 0 Å². The van der Waals surface area contributed by atoms with Gasteiger partial charge in [0, 0.05) is 19.2 Å². The Morgan fingerprint density at radius 3 is 2.65 bits per heavy atom. The first kappa shape index (κ1) is 14.4. The minimum absolute atomic E-state index is 0.0931.